The number of nitrogens with zero attached hydrogens (tertiary/aromatic N) is 2. The predicted molar refractivity (Wildman–Crippen MR) is 96.2 cm³/mol. The Morgan fingerprint density at radius 2 is 2.16 bits per heavy atom. The van der Waals surface area contributed by atoms with E-state index >= 15 is 0 Å². The average Bonchev–Trinajstić information content (AvgIpc) is 2.63. The zero-order chi connectivity index (χ0) is 17.6. The van der Waals surface area contributed by atoms with E-state index in [2.05, 4.69) is 4.98 Å². The lowest BCUT2D eigenvalue weighted by molar-refractivity contribution is -0.136. The quantitative estimate of drug-likeness (QED) is 0.819. The molecule has 3 rings (SSSR count). The second kappa shape index (κ2) is 8.21. The molecule has 0 bridgehead atoms. The van der Waals surface area contributed by atoms with Crippen molar-refractivity contribution in [3.63, 3.8) is 0 Å². The van der Waals surface area contributed by atoms with Gasteiger partial charge in [-0.25, -0.2) is 0 Å². The van der Waals surface area contributed by atoms with Gasteiger partial charge in [-0.1, -0.05) is 29.8 Å². The molecule has 5 nitrogen and oxygen atoms in total. The van der Waals surface area contributed by atoms with Crippen LogP contribution in [0.2, 0.25) is 5.02 Å². The fraction of sp³-hybridized carbons (Fsp3) is 0.368. The number of para-hydroxylation sites is 1. The van der Waals surface area contributed by atoms with Gasteiger partial charge in [0.05, 0.1) is 6.54 Å². The third kappa shape index (κ3) is 4.63. The van der Waals surface area contributed by atoms with Crippen molar-refractivity contribution in [2.75, 3.05) is 19.7 Å². The Bertz CT molecular complexity index is 738. The number of halogens is 1. The number of aryl methyl sites for hydroxylation is 1. The molecule has 0 saturated carbocycles. The zero-order valence-corrected chi connectivity index (χ0v) is 14.9. The summed E-state index contributed by atoms with van der Waals surface area (Å²) in [6.07, 6.45) is 4.91. The molecule has 1 aromatic heterocycles. The Labute approximate surface area is 152 Å². The molecule has 1 saturated heterocycles. The highest BCUT2D eigenvalue weighted by Crippen LogP contribution is 2.25. The van der Waals surface area contributed by atoms with Crippen molar-refractivity contribution in [3.8, 4) is 11.5 Å². The zero-order valence-electron chi connectivity index (χ0n) is 14.2. The molecule has 2 heterocycles. The summed E-state index contributed by atoms with van der Waals surface area (Å²) >= 11 is 6.09. The van der Waals surface area contributed by atoms with Crippen LogP contribution in [0.3, 0.4) is 0 Å². The number of amides is 1. The van der Waals surface area contributed by atoms with E-state index in [0.29, 0.717) is 17.3 Å². The molecule has 25 heavy (non-hydrogen) atoms. The molecule has 6 heteroatoms. The summed E-state index contributed by atoms with van der Waals surface area (Å²) < 4.78 is 11.6. The second-order valence-corrected chi connectivity index (χ2v) is 6.49. The highest BCUT2D eigenvalue weighted by atomic mass is 35.5. The molecule has 1 atom stereocenters. The summed E-state index contributed by atoms with van der Waals surface area (Å²) in [5.74, 6) is 1.31. The highest BCUT2D eigenvalue weighted by molar-refractivity contribution is 6.31. The molecule has 2 aromatic rings. The first-order valence-electron chi connectivity index (χ1n) is 8.36. The molecule has 132 valence electrons. The summed E-state index contributed by atoms with van der Waals surface area (Å²) in [5.41, 5.74) is 1.02. The first kappa shape index (κ1) is 17.5. The number of aromatic nitrogens is 1. The van der Waals surface area contributed by atoms with Crippen LogP contribution in [0.25, 0.3) is 0 Å². The van der Waals surface area contributed by atoms with E-state index in [1.807, 2.05) is 31.2 Å². The van der Waals surface area contributed by atoms with Crippen molar-refractivity contribution in [2.24, 2.45) is 0 Å². The van der Waals surface area contributed by atoms with Crippen LogP contribution in [-0.2, 0) is 4.79 Å². The number of hydrogen-bond donors (Lipinski definition) is 0. The summed E-state index contributed by atoms with van der Waals surface area (Å²) in [4.78, 5) is 18.2. The van der Waals surface area contributed by atoms with Gasteiger partial charge in [0.25, 0.3) is 5.91 Å². The molecule has 0 aliphatic carbocycles. The van der Waals surface area contributed by atoms with Crippen LogP contribution in [0, 0.1) is 6.92 Å². The topological polar surface area (TPSA) is 51.7 Å². The number of hydrogen-bond acceptors (Lipinski definition) is 4. The number of rotatable bonds is 5. The molecule has 0 spiro atoms. The standard InChI is InChI=1S/C19H21ClN2O3/c1-14-5-2-3-7-17(14)24-13-19(23)22-10-4-6-15(12-22)25-18-8-9-21-11-16(18)20/h2-3,5,7-9,11,15H,4,6,10,12-13H2,1H3. The van der Waals surface area contributed by atoms with Gasteiger partial charge >= 0.3 is 0 Å². The maximum absolute atomic E-state index is 12.5. The molecule has 1 fully saturated rings. The number of likely N-dealkylation sites (tertiary alicyclic amines) is 1. The van der Waals surface area contributed by atoms with Crippen LogP contribution in [0.1, 0.15) is 18.4 Å². The number of carbonyl (C=O) groups excluding carboxylic acids is 1. The van der Waals surface area contributed by atoms with Crippen LogP contribution in [-0.4, -0.2) is 41.6 Å². The minimum atomic E-state index is -0.0731. The van der Waals surface area contributed by atoms with E-state index in [1.54, 1.807) is 23.4 Å². The molecule has 1 aromatic carbocycles. The first-order chi connectivity index (χ1) is 12.1. The van der Waals surface area contributed by atoms with Crippen molar-refractivity contribution >= 4 is 17.5 Å². The van der Waals surface area contributed by atoms with Crippen LogP contribution in [0.4, 0.5) is 0 Å². The molecular formula is C19H21ClN2O3. The molecule has 1 aliphatic heterocycles. The number of piperidine rings is 1. The smallest absolute Gasteiger partial charge is 0.260 e. The van der Waals surface area contributed by atoms with Crippen LogP contribution < -0.4 is 9.47 Å². The monoisotopic (exact) mass is 360 g/mol. The largest absolute Gasteiger partial charge is 0.487 e. The number of benzene rings is 1. The average molecular weight is 361 g/mol. The van der Waals surface area contributed by atoms with Gasteiger partial charge in [-0.15, -0.1) is 0 Å². The van der Waals surface area contributed by atoms with Gasteiger partial charge in [0, 0.05) is 25.0 Å². The van der Waals surface area contributed by atoms with Crippen molar-refractivity contribution in [1.82, 2.24) is 9.88 Å². The minimum Gasteiger partial charge on any atom is -0.487 e. The summed E-state index contributed by atoms with van der Waals surface area (Å²) in [5, 5.41) is 0.480. The highest BCUT2D eigenvalue weighted by Gasteiger charge is 2.25. The molecular weight excluding hydrogens is 340 g/mol. The second-order valence-electron chi connectivity index (χ2n) is 6.08. The normalized spacial score (nSPS) is 17.2. The Kier molecular flexibility index (Phi) is 5.76. The predicted octanol–water partition coefficient (Wildman–Crippen LogP) is 3.49. The number of ether oxygens (including phenoxy) is 2. The SMILES string of the molecule is Cc1ccccc1OCC(=O)N1CCCC(Oc2ccncc2Cl)C1. The van der Waals surface area contributed by atoms with Gasteiger partial charge in [-0.3, -0.25) is 9.78 Å². The number of carbonyl (C=O) groups is 1. The maximum atomic E-state index is 12.5. The van der Waals surface area contributed by atoms with Crippen LogP contribution >= 0.6 is 11.6 Å². The van der Waals surface area contributed by atoms with E-state index in [0.717, 1.165) is 30.7 Å². The molecule has 1 unspecified atom stereocenters. The summed E-state index contributed by atoms with van der Waals surface area (Å²) in [7, 11) is 0. The van der Waals surface area contributed by atoms with Gasteiger partial charge in [0.2, 0.25) is 0 Å². The molecule has 0 N–H and O–H groups in total. The lowest BCUT2D eigenvalue weighted by atomic mass is 10.1. The Morgan fingerprint density at radius 1 is 1.32 bits per heavy atom. The fourth-order valence-corrected chi connectivity index (χ4v) is 3.01. The maximum Gasteiger partial charge on any atom is 0.260 e. The van der Waals surface area contributed by atoms with Crippen molar-refractivity contribution < 1.29 is 14.3 Å². The third-order valence-electron chi connectivity index (χ3n) is 4.20. The van der Waals surface area contributed by atoms with Gasteiger partial charge < -0.3 is 14.4 Å². The number of pyridine rings is 1. The fourth-order valence-electron chi connectivity index (χ4n) is 2.85. The van der Waals surface area contributed by atoms with E-state index in [-0.39, 0.29) is 18.6 Å². The lowest BCUT2D eigenvalue weighted by Gasteiger charge is -2.33. The Balaban J connectivity index is 1.55. The Hall–Kier alpha value is -2.27. The molecule has 1 amide bonds. The van der Waals surface area contributed by atoms with E-state index in [9.17, 15) is 4.79 Å². The van der Waals surface area contributed by atoms with Gasteiger partial charge in [0.15, 0.2) is 6.61 Å². The van der Waals surface area contributed by atoms with Crippen molar-refractivity contribution in [3.05, 3.63) is 53.3 Å². The summed E-state index contributed by atoms with van der Waals surface area (Å²) in [6, 6.07) is 9.42. The first-order valence-corrected chi connectivity index (χ1v) is 8.73. The van der Waals surface area contributed by atoms with E-state index in [1.165, 1.54) is 0 Å². The van der Waals surface area contributed by atoms with Crippen LogP contribution in [0.15, 0.2) is 42.7 Å². The van der Waals surface area contributed by atoms with Gasteiger partial charge in [-0.05, 0) is 31.4 Å². The molecule has 0 radical (unpaired) electrons. The Morgan fingerprint density at radius 3 is 2.96 bits per heavy atom. The minimum absolute atomic E-state index is 0.0302. The third-order valence-corrected chi connectivity index (χ3v) is 4.49. The molecule has 1 aliphatic rings. The van der Waals surface area contributed by atoms with Crippen molar-refractivity contribution in [2.45, 2.75) is 25.9 Å². The lowest BCUT2D eigenvalue weighted by Crippen LogP contribution is -2.46. The van der Waals surface area contributed by atoms with Crippen LogP contribution in [0.5, 0.6) is 11.5 Å². The van der Waals surface area contributed by atoms with Crippen molar-refractivity contribution in [1.29, 1.82) is 0 Å². The van der Waals surface area contributed by atoms with E-state index < -0.39 is 0 Å². The van der Waals surface area contributed by atoms with Gasteiger partial charge in [-0.2, -0.15) is 0 Å². The summed E-state index contributed by atoms with van der Waals surface area (Å²) in [6.45, 7) is 3.26. The van der Waals surface area contributed by atoms with Gasteiger partial charge in [0.1, 0.15) is 22.6 Å². The van der Waals surface area contributed by atoms with E-state index in [4.69, 9.17) is 21.1 Å².